The molecule has 0 fully saturated rings. The molecule has 1 N–H and O–H groups in total. The number of carbonyl (C=O) groups excluding carboxylic acids is 2. The quantitative estimate of drug-likeness (QED) is 0.508. The first-order valence-electron chi connectivity index (χ1n) is 11.3. The van der Waals surface area contributed by atoms with Gasteiger partial charge in [0.15, 0.2) is 6.61 Å². The van der Waals surface area contributed by atoms with E-state index in [0.29, 0.717) is 31.2 Å². The van der Waals surface area contributed by atoms with Crippen LogP contribution < -0.4 is 10.1 Å². The standard InChI is InChI=1S/C26H36N2O3/c1-5-6-17-27-26(30)21(4)28(18-16-22-12-8-7-9-13-22)25(29)19-31-24-15-11-10-14-23(24)20(2)3/h7-15,20-21H,5-6,16-19H2,1-4H3,(H,27,30). The van der Waals surface area contributed by atoms with E-state index in [-0.39, 0.29) is 18.4 Å². The second-order valence-electron chi connectivity index (χ2n) is 8.12. The van der Waals surface area contributed by atoms with Crippen LogP contribution in [-0.2, 0) is 16.0 Å². The van der Waals surface area contributed by atoms with Gasteiger partial charge >= 0.3 is 0 Å². The molecule has 5 nitrogen and oxygen atoms in total. The molecule has 2 aromatic rings. The zero-order chi connectivity index (χ0) is 22.6. The second kappa shape index (κ2) is 12.8. The Bertz CT molecular complexity index is 820. The number of hydrogen-bond acceptors (Lipinski definition) is 3. The van der Waals surface area contributed by atoms with Crippen LogP contribution in [0, 0.1) is 0 Å². The summed E-state index contributed by atoms with van der Waals surface area (Å²) in [5, 5.41) is 2.94. The van der Waals surface area contributed by atoms with Gasteiger partial charge in [0.25, 0.3) is 5.91 Å². The van der Waals surface area contributed by atoms with Gasteiger partial charge in [-0.05, 0) is 42.9 Å². The topological polar surface area (TPSA) is 58.6 Å². The van der Waals surface area contributed by atoms with Crippen molar-refractivity contribution in [2.45, 2.75) is 58.9 Å². The highest BCUT2D eigenvalue weighted by atomic mass is 16.5. The summed E-state index contributed by atoms with van der Waals surface area (Å²) < 4.78 is 5.90. The minimum absolute atomic E-state index is 0.0922. The van der Waals surface area contributed by atoms with E-state index in [1.165, 1.54) is 0 Å². The predicted molar refractivity (Wildman–Crippen MR) is 125 cm³/mol. The van der Waals surface area contributed by atoms with Gasteiger partial charge in [-0.15, -0.1) is 0 Å². The lowest BCUT2D eigenvalue weighted by Crippen LogP contribution is -2.50. The van der Waals surface area contributed by atoms with Crippen LogP contribution in [0.5, 0.6) is 5.75 Å². The molecule has 0 aliphatic rings. The van der Waals surface area contributed by atoms with Gasteiger partial charge in [-0.2, -0.15) is 0 Å². The van der Waals surface area contributed by atoms with Crippen molar-refractivity contribution in [2.24, 2.45) is 0 Å². The minimum atomic E-state index is -0.558. The third-order valence-corrected chi connectivity index (χ3v) is 5.37. The molecule has 0 spiro atoms. The summed E-state index contributed by atoms with van der Waals surface area (Å²) >= 11 is 0. The Morgan fingerprint density at radius 2 is 1.68 bits per heavy atom. The number of carbonyl (C=O) groups is 2. The molecule has 31 heavy (non-hydrogen) atoms. The van der Waals surface area contributed by atoms with E-state index in [9.17, 15) is 9.59 Å². The summed E-state index contributed by atoms with van der Waals surface area (Å²) in [7, 11) is 0. The fraction of sp³-hybridized carbons (Fsp3) is 0.462. The van der Waals surface area contributed by atoms with Crippen molar-refractivity contribution in [3.63, 3.8) is 0 Å². The lowest BCUT2D eigenvalue weighted by molar-refractivity contribution is -0.141. The van der Waals surface area contributed by atoms with Gasteiger partial charge in [-0.25, -0.2) is 0 Å². The zero-order valence-corrected chi connectivity index (χ0v) is 19.3. The molecule has 0 saturated heterocycles. The molecule has 1 unspecified atom stereocenters. The van der Waals surface area contributed by atoms with Crippen LogP contribution in [0.15, 0.2) is 54.6 Å². The van der Waals surface area contributed by atoms with Gasteiger partial charge in [0.1, 0.15) is 11.8 Å². The molecule has 2 rings (SSSR count). The minimum Gasteiger partial charge on any atom is -0.483 e. The van der Waals surface area contributed by atoms with Crippen molar-refractivity contribution in [3.05, 3.63) is 65.7 Å². The molecule has 0 bridgehead atoms. The highest BCUT2D eigenvalue weighted by Crippen LogP contribution is 2.25. The molecule has 0 aliphatic heterocycles. The van der Waals surface area contributed by atoms with Crippen LogP contribution in [0.25, 0.3) is 0 Å². The van der Waals surface area contributed by atoms with Gasteiger partial charge < -0.3 is 15.0 Å². The molecule has 168 valence electrons. The number of hydrogen-bond donors (Lipinski definition) is 1. The van der Waals surface area contributed by atoms with Crippen molar-refractivity contribution in [1.29, 1.82) is 0 Å². The lowest BCUT2D eigenvalue weighted by atomic mass is 10.0. The van der Waals surface area contributed by atoms with E-state index in [2.05, 4.69) is 26.1 Å². The van der Waals surface area contributed by atoms with Crippen LogP contribution in [0.1, 0.15) is 57.6 Å². The normalized spacial score (nSPS) is 11.8. The largest absolute Gasteiger partial charge is 0.483 e. The first kappa shape index (κ1) is 24.4. The molecule has 5 heteroatoms. The number of nitrogens with one attached hydrogen (secondary N) is 1. The van der Waals surface area contributed by atoms with Crippen molar-refractivity contribution >= 4 is 11.8 Å². The number of nitrogens with zero attached hydrogens (tertiary/aromatic N) is 1. The SMILES string of the molecule is CCCCNC(=O)C(C)N(CCc1ccccc1)C(=O)COc1ccccc1C(C)C. The second-order valence-corrected chi connectivity index (χ2v) is 8.12. The Morgan fingerprint density at radius 1 is 1.00 bits per heavy atom. The molecular weight excluding hydrogens is 388 g/mol. The Hall–Kier alpha value is -2.82. The van der Waals surface area contributed by atoms with E-state index in [1.807, 2.05) is 54.6 Å². The number of amides is 2. The van der Waals surface area contributed by atoms with Gasteiger partial charge in [0.05, 0.1) is 0 Å². The molecule has 0 aliphatic carbocycles. The van der Waals surface area contributed by atoms with Crippen molar-refractivity contribution < 1.29 is 14.3 Å². The third-order valence-electron chi connectivity index (χ3n) is 5.37. The number of ether oxygens (including phenoxy) is 1. The molecule has 0 aromatic heterocycles. The Kier molecular flexibility index (Phi) is 10.1. The fourth-order valence-electron chi connectivity index (χ4n) is 3.42. The molecule has 0 heterocycles. The van der Waals surface area contributed by atoms with Gasteiger partial charge in [-0.3, -0.25) is 9.59 Å². The third kappa shape index (κ3) is 7.74. The molecular formula is C26H36N2O3. The Labute approximate surface area is 186 Å². The van der Waals surface area contributed by atoms with E-state index >= 15 is 0 Å². The first-order chi connectivity index (χ1) is 14.9. The smallest absolute Gasteiger partial charge is 0.261 e. The molecule has 1 atom stereocenters. The molecule has 0 radical (unpaired) electrons. The lowest BCUT2D eigenvalue weighted by Gasteiger charge is -2.29. The summed E-state index contributed by atoms with van der Waals surface area (Å²) in [6.07, 6.45) is 2.61. The van der Waals surface area contributed by atoms with Crippen molar-refractivity contribution in [2.75, 3.05) is 19.7 Å². The maximum atomic E-state index is 13.1. The van der Waals surface area contributed by atoms with Gasteiger partial charge in [0.2, 0.25) is 5.91 Å². The predicted octanol–water partition coefficient (Wildman–Crippen LogP) is 4.56. The van der Waals surface area contributed by atoms with E-state index < -0.39 is 6.04 Å². The molecule has 0 saturated carbocycles. The van der Waals surface area contributed by atoms with Crippen molar-refractivity contribution in [3.8, 4) is 5.75 Å². The first-order valence-corrected chi connectivity index (χ1v) is 11.3. The molecule has 2 aromatic carbocycles. The average Bonchev–Trinajstić information content (AvgIpc) is 2.78. The van der Waals surface area contributed by atoms with Crippen LogP contribution in [0.3, 0.4) is 0 Å². The summed E-state index contributed by atoms with van der Waals surface area (Å²) in [6, 6.07) is 17.2. The van der Waals surface area contributed by atoms with Gasteiger partial charge in [0, 0.05) is 13.1 Å². The highest BCUT2D eigenvalue weighted by Gasteiger charge is 2.26. The van der Waals surface area contributed by atoms with E-state index in [1.54, 1.807) is 11.8 Å². The van der Waals surface area contributed by atoms with Gasteiger partial charge in [-0.1, -0.05) is 75.7 Å². The summed E-state index contributed by atoms with van der Waals surface area (Å²) in [5.41, 5.74) is 2.20. The zero-order valence-electron chi connectivity index (χ0n) is 19.3. The van der Waals surface area contributed by atoms with Crippen LogP contribution >= 0.6 is 0 Å². The Balaban J connectivity index is 2.08. The fourth-order valence-corrected chi connectivity index (χ4v) is 3.42. The average molecular weight is 425 g/mol. The number of para-hydroxylation sites is 1. The molecule has 2 amide bonds. The van der Waals surface area contributed by atoms with Crippen molar-refractivity contribution in [1.82, 2.24) is 10.2 Å². The number of unbranched alkanes of at least 4 members (excludes halogenated alkanes) is 1. The monoisotopic (exact) mass is 424 g/mol. The summed E-state index contributed by atoms with van der Waals surface area (Å²) in [6.45, 7) is 9.05. The number of benzene rings is 2. The van der Waals surface area contributed by atoms with E-state index in [0.717, 1.165) is 24.0 Å². The van der Waals surface area contributed by atoms with E-state index in [4.69, 9.17) is 4.74 Å². The number of rotatable bonds is 12. The summed E-state index contributed by atoms with van der Waals surface area (Å²) in [5.74, 6) is 0.697. The Morgan fingerprint density at radius 3 is 2.35 bits per heavy atom. The van der Waals surface area contributed by atoms with Crippen LogP contribution in [0.4, 0.5) is 0 Å². The van der Waals surface area contributed by atoms with Crippen LogP contribution in [0.2, 0.25) is 0 Å². The maximum absolute atomic E-state index is 13.1. The summed E-state index contributed by atoms with van der Waals surface area (Å²) in [4.78, 5) is 27.4. The van der Waals surface area contributed by atoms with Crippen LogP contribution in [-0.4, -0.2) is 42.5 Å². The maximum Gasteiger partial charge on any atom is 0.261 e. The highest BCUT2D eigenvalue weighted by molar-refractivity contribution is 5.88.